The first-order chi connectivity index (χ1) is 7.31. The van der Waals surface area contributed by atoms with Crippen molar-refractivity contribution >= 4 is 15.9 Å². The van der Waals surface area contributed by atoms with Crippen LogP contribution in [0.25, 0.3) is 11.1 Å². The smallest absolute Gasteiger partial charge is 0.120 e. The summed E-state index contributed by atoms with van der Waals surface area (Å²) in [5.74, 6) is 0.863. The molecule has 1 nitrogen and oxygen atoms in total. The number of rotatable bonds is 2. The monoisotopic (exact) mass is 262 g/mol. The van der Waals surface area contributed by atoms with E-state index in [1.54, 1.807) is 7.11 Å². The lowest BCUT2D eigenvalue weighted by molar-refractivity contribution is 0.414. The molecule has 0 aliphatic rings. The minimum atomic E-state index is 0.863. The van der Waals surface area contributed by atoms with Gasteiger partial charge in [0.05, 0.1) is 7.11 Å². The lowest BCUT2D eigenvalue weighted by Crippen LogP contribution is -1.84. The van der Waals surface area contributed by atoms with Crippen molar-refractivity contribution in [3.63, 3.8) is 0 Å². The highest BCUT2D eigenvalue weighted by Crippen LogP contribution is 2.31. The Morgan fingerprint density at radius 3 is 2.33 bits per heavy atom. The topological polar surface area (TPSA) is 9.23 Å². The molecule has 0 amide bonds. The Balaban J connectivity index is 2.46. The van der Waals surface area contributed by atoms with Crippen LogP contribution >= 0.6 is 15.9 Å². The van der Waals surface area contributed by atoms with Gasteiger partial charge in [0.25, 0.3) is 0 Å². The van der Waals surface area contributed by atoms with E-state index in [0.29, 0.717) is 0 Å². The van der Waals surface area contributed by atoms with E-state index in [4.69, 9.17) is 4.74 Å². The lowest BCUT2D eigenvalue weighted by Gasteiger charge is -2.06. The van der Waals surface area contributed by atoms with Gasteiger partial charge >= 0.3 is 0 Å². The van der Waals surface area contributed by atoms with Gasteiger partial charge in [0.1, 0.15) is 5.75 Å². The highest BCUT2D eigenvalue weighted by Gasteiger charge is 2.03. The molecule has 2 heteroatoms. The van der Waals surface area contributed by atoms with E-state index in [1.807, 2.05) is 30.3 Å². The number of ether oxygens (including phenoxy) is 1. The third-order valence-electron chi connectivity index (χ3n) is 2.26. The molecule has 0 heterocycles. The quantitative estimate of drug-likeness (QED) is 0.791. The van der Waals surface area contributed by atoms with Gasteiger partial charge < -0.3 is 4.74 Å². The molecular formula is C13H11BrO. The highest BCUT2D eigenvalue weighted by atomic mass is 79.9. The number of benzene rings is 2. The SMILES string of the molecule is COc1ccc(-c2ccccc2)c(Br)c1. The second kappa shape index (κ2) is 4.49. The molecule has 2 aromatic rings. The zero-order valence-electron chi connectivity index (χ0n) is 8.41. The Hall–Kier alpha value is -1.28. The molecule has 0 fully saturated rings. The Labute approximate surface area is 97.8 Å². The Morgan fingerprint density at radius 1 is 1.00 bits per heavy atom. The van der Waals surface area contributed by atoms with Gasteiger partial charge in [0, 0.05) is 4.47 Å². The molecule has 0 aliphatic carbocycles. The summed E-state index contributed by atoms with van der Waals surface area (Å²) in [7, 11) is 1.67. The number of hydrogen-bond acceptors (Lipinski definition) is 1. The van der Waals surface area contributed by atoms with Crippen LogP contribution in [0.1, 0.15) is 0 Å². The molecule has 15 heavy (non-hydrogen) atoms. The Morgan fingerprint density at radius 2 is 1.73 bits per heavy atom. The van der Waals surface area contributed by atoms with Gasteiger partial charge in [-0.25, -0.2) is 0 Å². The molecule has 0 saturated carbocycles. The van der Waals surface area contributed by atoms with Gasteiger partial charge in [-0.15, -0.1) is 0 Å². The summed E-state index contributed by atoms with van der Waals surface area (Å²) in [5, 5.41) is 0. The van der Waals surface area contributed by atoms with Crippen molar-refractivity contribution in [2.75, 3.05) is 7.11 Å². The molecule has 2 aromatic carbocycles. The van der Waals surface area contributed by atoms with Crippen molar-refractivity contribution in [3.05, 3.63) is 53.0 Å². The standard InChI is InChI=1S/C13H11BrO/c1-15-11-7-8-12(13(14)9-11)10-5-3-2-4-6-10/h2-9H,1H3. The highest BCUT2D eigenvalue weighted by molar-refractivity contribution is 9.10. The van der Waals surface area contributed by atoms with Gasteiger partial charge in [-0.3, -0.25) is 0 Å². The van der Waals surface area contributed by atoms with Crippen LogP contribution in [0.15, 0.2) is 53.0 Å². The second-order valence-electron chi connectivity index (χ2n) is 3.21. The van der Waals surface area contributed by atoms with Crippen LogP contribution in [0.4, 0.5) is 0 Å². The molecule has 0 unspecified atom stereocenters. The van der Waals surface area contributed by atoms with Crippen LogP contribution in [0, 0.1) is 0 Å². The first-order valence-electron chi connectivity index (χ1n) is 4.70. The van der Waals surface area contributed by atoms with E-state index in [2.05, 4.69) is 34.1 Å². The third-order valence-corrected chi connectivity index (χ3v) is 2.92. The fraction of sp³-hybridized carbons (Fsp3) is 0.0769. The maximum atomic E-state index is 5.16. The maximum absolute atomic E-state index is 5.16. The predicted molar refractivity (Wildman–Crippen MR) is 66.1 cm³/mol. The van der Waals surface area contributed by atoms with Crippen LogP contribution in [0.3, 0.4) is 0 Å². The molecule has 76 valence electrons. The molecular weight excluding hydrogens is 252 g/mol. The molecule has 0 bridgehead atoms. The largest absolute Gasteiger partial charge is 0.497 e. The Kier molecular flexibility index (Phi) is 3.07. The minimum absolute atomic E-state index is 0.863. The van der Waals surface area contributed by atoms with Crippen molar-refractivity contribution in [2.45, 2.75) is 0 Å². The second-order valence-corrected chi connectivity index (χ2v) is 4.07. The summed E-state index contributed by atoms with van der Waals surface area (Å²) < 4.78 is 6.20. The van der Waals surface area contributed by atoms with E-state index >= 15 is 0 Å². The summed E-state index contributed by atoms with van der Waals surface area (Å²) in [6.07, 6.45) is 0. The van der Waals surface area contributed by atoms with Gasteiger partial charge in [-0.2, -0.15) is 0 Å². The number of halogens is 1. The Bertz CT molecular complexity index is 451. The van der Waals surface area contributed by atoms with E-state index < -0.39 is 0 Å². The fourth-order valence-electron chi connectivity index (χ4n) is 1.47. The molecule has 0 aromatic heterocycles. The first kappa shape index (κ1) is 10.2. The van der Waals surface area contributed by atoms with E-state index in [1.165, 1.54) is 11.1 Å². The lowest BCUT2D eigenvalue weighted by atomic mass is 10.1. The summed E-state index contributed by atoms with van der Waals surface area (Å²) in [6, 6.07) is 16.3. The molecule has 0 atom stereocenters. The predicted octanol–water partition coefficient (Wildman–Crippen LogP) is 4.12. The molecule has 0 aliphatic heterocycles. The van der Waals surface area contributed by atoms with Crippen molar-refractivity contribution in [3.8, 4) is 16.9 Å². The van der Waals surface area contributed by atoms with Gasteiger partial charge in [0.2, 0.25) is 0 Å². The van der Waals surface area contributed by atoms with Crippen molar-refractivity contribution < 1.29 is 4.74 Å². The molecule has 2 rings (SSSR count). The van der Waals surface area contributed by atoms with Crippen LogP contribution in [-0.4, -0.2) is 7.11 Å². The van der Waals surface area contributed by atoms with Crippen LogP contribution < -0.4 is 4.74 Å². The number of hydrogen-bond donors (Lipinski definition) is 0. The van der Waals surface area contributed by atoms with Crippen LogP contribution in [0.5, 0.6) is 5.75 Å². The van der Waals surface area contributed by atoms with E-state index in [9.17, 15) is 0 Å². The van der Waals surface area contributed by atoms with Gasteiger partial charge in [0.15, 0.2) is 0 Å². The fourth-order valence-corrected chi connectivity index (χ4v) is 2.06. The summed E-state index contributed by atoms with van der Waals surface area (Å²) in [5.41, 5.74) is 2.38. The first-order valence-corrected chi connectivity index (χ1v) is 5.49. The molecule has 0 radical (unpaired) electrons. The zero-order valence-corrected chi connectivity index (χ0v) is 9.99. The van der Waals surface area contributed by atoms with E-state index in [0.717, 1.165) is 10.2 Å². The minimum Gasteiger partial charge on any atom is -0.497 e. The average Bonchev–Trinajstić information content (AvgIpc) is 2.30. The van der Waals surface area contributed by atoms with Crippen molar-refractivity contribution in [2.24, 2.45) is 0 Å². The molecule has 0 N–H and O–H groups in total. The average molecular weight is 263 g/mol. The van der Waals surface area contributed by atoms with Gasteiger partial charge in [-0.05, 0) is 29.3 Å². The van der Waals surface area contributed by atoms with Gasteiger partial charge in [-0.1, -0.05) is 46.3 Å². The third kappa shape index (κ3) is 2.21. The summed E-state index contributed by atoms with van der Waals surface area (Å²) >= 11 is 3.54. The summed E-state index contributed by atoms with van der Waals surface area (Å²) in [6.45, 7) is 0. The summed E-state index contributed by atoms with van der Waals surface area (Å²) in [4.78, 5) is 0. The van der Waals surface area contributed by atoms with E-state index in [-0.39, 0.29) is 0 Å². The molecule has 0 saturated heterocycles. The van der Waals surface area contributed by atoms with Crippen LogP contribution in [0.2, 0.25) is 0 Å². The number of methoxy groups -OCH3 is 1. The molecule has 0 spiro atoms. The normalized spacial score (nSPS) is 10.0. The van der Waals surface area contributed by atoms with Crippen molar-refractivity contribution in [1.82, 2.24) is 0 Å². The maximum Gasteiger partial charge on any atom is 0.120 e. The van der Waals surface area contributed by atoms with Crippen LogP contribution in [-0.2, 0) is 0 Å². The zero-order chi connectivity index (χ0) is 10.7. The van der Waals surface area contributed by atoms with Crippen molar-refractivity contribution in [1.29, 1.82) is 0 Å².